The number of halogens is 1. The first kappa shape index (κ1) is 13.4. The molecule has 3 rings (SSSR count). The van der Waals surface area contributed by atoms with E-state index in [-0.39, 0.29) is 6.54 Å². The normalized spacial score (nSPS) is 10.6. The molecule has 0 aliphatic carbocycles. The van der Waals surface area contributed by atoms with Crippen molar-refractivity contribution in [1.29, 1.82) is 0 Å². The fourth-order valence-corrected chi connectivity index (χ4v) is 2.38. The van der Waals surface area contributed by atoms with Gasteiger partial charge in [-0.25, -0.2) is 9.67 Å². The molecule has 0 spiro atoms. The maximum absolute atomic E-state index is 8.51. The monoisotopic (exact) mass is 299 g/mol. The number of aryl methyl sites for hydroxylation is 1. The van der Waals surface area contributed by atoms with Gasteiger partial charge < -0.3 is 0 Å². The van der Waals surface area contributed by atoms with Crippen LogP contribution in [0.5, 0.6) is 0 Å². The summed E-state index contributed by atoms with van der Waals surface area (Å²) in [6.07, 6.45) is 3.42. The first-order valence-corrected chi connectivity index (χ1v) is 6.54. The minimum Gasteiger partial charge on any atom is -0.261 e. The van der Waals surface area contributed by atoms with E-state index in [0.29, 0.717) is 10.8 Å². The van der Waals surface area contributed by atoms with Crippen molar-refractivity contribution in [2.24, 2.45) is 5.11 Å². The highest BCUT2D eigenvalue weighted by atomic mass is 35.5. The Balaban J connectivity index is 2.26. The van der Waals surface area contributed by atoms with E-state index in [4.69, 9.17) is 17.1 Å². The summed E-state index contributed by atoms with van der Waals surface area (Å²) in [6.45, 7) is 2.02. The Hall–Kier alpha value is -2.63. The molecule has 0 aliphatic heterocycles. The van der Waals surface area contributed by atoms with E-state index >= 15 is 0 Å². The largest absolute Gasteiger partial charge is 0.261 e. The lowest BCUT2D eigenvalue weighted by Crippen LogP contribution is -2.01. The van der Waals surface area contributed by atoms with Gasteiger partial charge >= 0.3 is 0 Å². The molecule has 0 saturated heterocycles. The number of fused-ring (bicyclic) bond motifs is 1. The molecule has 0 radical (unpaired) electrons. The summed E-state index contributed by atoms with van der Waals surface area (Å²) in [7, 11) is 0. The van der Waals surface area contributed by atoms with Crippen molar-refractivity contribution in [2.45, 2.75) is 13.5 Å². The van der Waals surface area contributed by atoms with Crippen molar-refractivity contribution in [3.05, 3.63) is 57.6 Å². The molecule has 7 nitrogen and oxygen atoms in total. The Morgan fingerprint density at radius 3 is 3.05 bits per heavy atom. The van der Waals surface area contributed by atoms with E-state index < -0.39 is 0 Å². The summed E-state index contributed by atoms with van der Waals surface area (Å²) < 4.78 is 1.75. The van der Waals surface area contributed by atoms with Gasteiger partial charge in [-0.15, -0.1) is 0 Å². The standard InChI is InChI=1S/C13H10ClN7/c1-8-4-10(2-3-16-8)21-13-9(6-18-21)5-12(14)19-11(13)7-17-20-15/h2-6H,7H2,1H3. The first-order valence-electron chi connectivity index (χ1n) is 6.16. The molecule has 0 aromatic carbocycles. The van der Waals surface area contributed by atoms with Crippen molar-refractivity contribution in [1.82, 2.24) is 19.7 Å². The number of aromatic nitrogens is 4. The summed E-state index contributed by atoms with van der Waals surface area (Å²) in [5, 5.41) is 9.13. The Morgan fingerprint density at radius 2 is 2.29 bits per heavy atom. The average Bonchev–Trinajstić information content (AvgIpc) is 2.88. The molecule has 0 fully saturated rings. The quantitative estimate of drug-likeness (QED) is 0.320. The van der Waals surface area contributed by atoms with Crippen LogP contribution in [0, 0.1) is 6.92 Å². The van der Waals surface area contributed by atoms with E-state index in [2.05, 4.69) is 25.1 Å². The third-order valence-corrected chi connectivity index (χ3v) is 3.19. The second-order valence-electron chi connectivity index (χ2n) is 4.43. The highest BCUT2D eigenvalue weighted by Gasteiger charge is 2.12. The minimum absolute atomic E-state index is 0.114. The van der Waals surface area contributed by atoms with Crippen LogP contribution >= 0.6 is 11.6 Å². The average molecular weight is 300 g/mol. The van der Waals surface area contributed by atoms with Crippen molar-refractivity contribution in [3.8, 4) is 5.69 Å². The topological polar surface area (TPSA) is 92.4 Å². The molecule has 3 aromatic heterocycles. The molecule has 0 atom stereocenters. The van der Waals surface area contributed by atoms with Gasteiger partial charge in [0.1, 0.15) is 5.15 Å². The SMILES string of the molecule is Cc1cc(-n2ncc3cc(Cl)nc(CN=[N+]=[N-])c32)ccn1. The minimum atomic E-state index is 0.114. The zero-order valence-electron chi connectivity index (χ0n) is 11.1. The molecule has 0 N–H and O–H groups in total. The Bertz CT molecular complexity index is 864. The lowest BCUT2D eigenvalue weighted by molar-refractivity contribution is 0.883. The molecule has 0 aliphatic rings. The molecule has 21 heavy (non-hydrogen) atoms. The van der Waals surface area contributed by atoms with Crippen LogP contribution < -0.4 is 0 Å². The van der Waals surface area contributed by atoms with E-state index in [1.54, 1.807) is 23.1 Å². The van der Waals surface area contributed by atoms with Crippen LogP contribution in [-0.2, 0) is 6.54 Å². The molecular weight excluding hydrogens is 290 g/mol. The number of azide groups is 1. The van der Waals surface area contributed by atoms with Crippen molar-refractivity contribution >= 4 is 22.5 Å². The van der Waals surface area contributed by atoms with Gasteiger partial charge in [-0.2, -0.15) is 5.10 Å². The van der Waals surface area contributed by atoms with Crippen molar-refractivity contribution < 1.29 is 0 Å². The summed E-state index contributed by atoms with van der Waals surface area (Å²) in [5.41, 5.74) is 11.6. The predicted octanol–water partition coefficient (Wildman–Crippen LogP) is 3.59. The fourth-order valence-electron chi connectivity index (χ4n) is 2.17. The van der Waals surface area contributed by atoms with Crippen LogP contribution in [0.25, 0.3) is 27.0 Å². The summed E-state index contributed by atoms with van der Waals surface area (Å²) in [5.74, 6) is 0. The summed E-state index contributed by atoms with van der Waals surface area (Å²) >= 11 is 5.99. The number of rotatable bonds is 3. The first-order chi connectivity index (χ1) is 10.2. The molecule has 8 heteroatoms. The summed E-state index contributed by atoms with van der Waals surface area (Å²) in [6, 6.07) is 5.50. The van der Waals surface area contributed by atoms with Gasteiger partial charge in [0, 0.05) is 22.2 Å². The second kappa shape index (κ2) is 5.40. The van der Waals surface area contributed by atoms with Crippen LogP contribution in [-0.4, -0.2) is 19.7 Å². The van der Waals surface area contributed by atoms with Crippen LogP contribution in [0.3, 0.4) is 0 Å². The zero-order valence-corrected chi connectivity index (χ0v) is 11.9. The molecule has 0 saturated carbocycles. The molecule has 3 heterocycles. The molecule has 3 aromatic rings. The van der Waals surface area contributed by atoms with Crippen molar-refractivity contribution in [3.63, 3.8) is 0 Å². The highest BCUT2D eigenvalue weighted by molar-refractivity contribution is 6.30. The number of pyridine rings is 2. The highest BCUT2D eigenvalue weighted by Crippen LogP contribution is 2.24. The van der Waals surface area contributed by atoms with Crippen LogP contribution in [0.1, 0.15) is 11.4 Å². The van der Waals surface area contributed by atoms with E-state index in [1.807, 2.05) is 19.1 Å². The second-order valence-corrected chi connectivity index (χ2v) is 4.82. The number of nitrogens with zero attached hydrogens (tertiary/aromatic N) is 7. The van der Waals surface area contributed by atoms with E-state index in [9.17, 15) is 0 Å². The van der Waals surface area contributed by atoms with E-state index in [0.717, 1.165) is 22.3 Å². The molecule has 104 valence electrons. The Labute approximate surface area is 124 Å². The third kappa shape index (κ3) is 2.52. The number of hydrogen-bond acceptors (Lipinski definition) is 4. The molecule has 0 amide bonds. The van der Waals surface area contributed by atoms with Crippen LogP contribution in [0.2, 0.25) is 5.15 Å². The van der Waals surface area contributed by atoms with Gasteiger partial charge in [0.25, 0.3) is 0 Å². The fraction of sp³-hybridized carbons (Fsp3) is 0.154. The van der Waals surface area contributed by atoms with Crippen molar-refractivity contribution in [2.75, 3.05) is 0 Å². The van der Waals surface area contributed by atoms with Gasteiger partial charge in [0.15, 0.2) is 0 Å². The number of hydrogen-bond donors (Lipinski definition) is 0. The van der Waals surface area contributed by atoms with Gasteiger partial charge in [0.2, 0.25) is 0 Å². The van der Waals surface area contributed by atoms with Gasteiger partial charge in [-0.3, -0.25) is 4.98 Å². The smallest absolute Gasteiger partial charge is 0.130 e. The maximum atomic E-state index is 8.51. The van der Waals surface area contributed by atoms with Crippen LogP contribution in [0.15, 0.2) is 35.7 Å². The Kier molecular flexibility index (Phi) is 3.43. The van der Waals surface area contributed by atoms with Gasteiger partial charge in [0.05, 0.1) is 29.6 Å². The summed E-state index contributed by atoms with van der Waals surface area (Å²) in [4.78, 5) is 11.2. The molecular formula is C13H10ClN7. The van der Waals surface area contributed by atoms with E-state index in [1.165, 1.54) is 0 Å². The lowest BCUT2D eigenvalue weighted by atomic mass is 10.2. The van der Waals surface area contributed by atoms with Gasteiger partial charge in [-0.1, -0.05) is 16.7 Å². The predicted molar refractivity (Wildman–Crippen MR) is 79.3 cm³/mol. The maximum Gasteiger partial charge on any atom is 0.130 e. The zero-order chi connectivity index (χ0) is 14.8. The molecule has 0 bridgehead atoms. The van der Waals surface area contributed by atoms with Gasteiger partial charge in [-0.05, 0) is 30.7 Å². The third-order valence-electron chi connectivity index (χ3n) is 3.00. The lowest BCUT2D eigenvalue weighted by Gasteiger charge is -2.07. The molecule has 0 unspecified atom stereocenters. The Morgan fingerprint density at radius 1 is 1.43 bits per heavy atom. The van der Waals surface area contributed by atoms with Crippen LogP contribution in [0.4, 0.5) is 0 Å².